The number of nitrogens with one attached hydrogen (secondary N) is 1. The lowest BCUT2D eigenvalue weighted by Crippen LogP contribution is -2.15. The molecule has 0 saturated carbocycles. The summed E-state index contributed by atoms with van der Waals surface area (Å²) in [4.78, 5) is 12.5. The molecule has 3 aromatic rings. The first kappa shape index (κ1) is 18.5. The maximum atomic E-state index is 12.5. The van der Waals surface area contributed by atoms with E-state index in [-0.39, 0.29) is 10.5 Å². The third kappa shape index (κ3) is 4.86. The molecule has 0 heterocycles. The monoisotopic (exact) mass is 379 g/mol. The Labute approximate surface area is 157 Å². The van der Waals surface area contributed by atoms with Crippen molar-refractivity contribution in [3.05, 3.63) is 84.4 Å². The van der Waals surface area contributed by atoms with Gasteiger partial charge in [0.25, 0.3) is 5.91 Å². The van der Waals surface area contributed by atoms with Crippen molar-refractivity contribution in [3.8, 4) is 0 Å². The average Bonchev–Trinajstić information content (AvgIpc) is 2.67. The van der Waals surface area contributed by atoms with Gasteiger partial charge in [-0.25, -0.2) is 8.42 Å². The zero-order chi connectivity index (χ0) is 19.3. The SMILES string of the molecule is CS(=O)(=O)c1ccccc1C(=O)Nc1ccc(N=Nc2ccccc2)cc1. The average molecular weight is 379 g/mol. The summed E-state index contributed by atoms with van der Waals surface area (Å²) in [5.74, 6) is -0.491. The molecule has 6 nitrogen and oxygen atoms in total. The summed E-state index contributed by atoms with van der Waals surface area (Å²) in [6.07, 6.45) is 1.08. The largest absolute Gasteiger partial charge is 0.322 e. The number of azo groups is 1. The summed E-state index contributed by atoms with van der Waals surface area (Å²) >= 11 is 0. The van der Waals surface area contributed by atoms with Crippen molar-refractivity contribution in [2.45, 2.75) is 4.90 Å². The Bertz CT molecular complexity index is 1080. The first-order valence-corrected chi connectivity index (χ1v) is 10.00. The summed E-state index contributed by atoms with van der Waals surface area (Å²) < 4.78 is 23.7. The van der Waals surface area contributed by atoms with Crippen molar-refractivity contribution in [2.75, 3.05) is 11.6 Å². The van der Waals surface area contributed by atoms with Gasteiger partial charge in [0.15, 0.2) is 9.84 Å². The lowest BCUT2D eigenvalue weighted by atomic mass is 10.2. The van der Waals surface area contributed by atoms with Crippen LogP contribution in [0.3, 0.4) is 0 Å². The zero-order valence-electron chi connectivity index (χ0n) is 14.5. The summed E-state index contributed by atoms with van der Waals surface area (Å²) in [5.41, 5.74) is 2.01. The van der Waals surface area contributed by atoms with Crippen LogP contribution in [0.25, 0.3) is 0 Å². The van der Waals surface area contributed by atoms with E-state index in [0.717, 1.165) is 11.9 Å². The first-order chi connectivity index (χ1) is 12.9. The van der Waals surface area contributed by atoms with Crippen LogP contribution in [0.4, 0.5) is 17.1 Å². The minimum atomic E-state index is -3.50. The van der Waals surface area contributed by atoms with E-state index in [2.05, 4.69) is 15.5 Å². The normalized spacial score (nSPS) is 11.4. The van der Waals surface area contributed by atoms with E-state index in [9.17, 15) is 13.2 Å². The van der Waals surface area contributed by atoms with Gasteiger partial charge in [-0.05, 0) is 48.5 Å². The van der Waals surface area contributed by atoms with Gasteiger partial charge in [-0.15, -0.1) is 0 Å². The summed E-state index contributed by atoms with van der Waals surface area (Å²) in [6, 6.07) is 22.2. The minimum Gasteiger partial charge on any atom is -0.322 e. The van der Waals surface area contributed by atoms with Gasteiger partial charge in [-0.1, -0.05) is 30.3 Å². The number of rotatable bonds is 5. The smallest absolute Gasteiger partial charge is 0.256 e. The summed E-state index contributed by atoms with van der Waals surface area (Å²) in [6.45, 7) is 0. The molecule has 0 saturated heterocycles. The topological polar surface area (TPSA) is 88.0 Å². The van der Waals surface area contributed by atoms with Crippen LogP contribution in [-0.2, 0) is 9.84 Å². The standard InChI is InChI=1S/C20H17N3O3S/c1-27(25,26)19-10-6-5-9-18(19)20(24)21-15-11-13-17(14-12-15)23-22-16-7-3-2-4-8-16/h2-14H,1H3,(H,21,24). The number of amides is 1. The van der Waals surface area contributed by atoms with Crippen molar-refractivity contribution in [1.29, 1.82) is 0 Å². The van der Waals surface area contributed by atoms with Crippen molar-refractivity contribution >= 4 is 32.8 Å². The van der Waals surface area contributed by atoms with Gasteiger partial charge in [0, 0.05) is 11.9 Å². The molecule has 3 rings (SSSR count). The second kappa shape index (κ2) is 7.92. The molecular weight excluding hydrogens is 362 g/mol. The molecule has 0 radical (unpaired) electrons. The molecule has 0 aliphatic rings. The first-order valence-electron chi connectivity index (χ1n) is 8.11. The van der Waals surface area contributed by atoms with Crippen molar-refractivity contribution in [1.82, 2.24) is 0 Å². The molecule has 0 aliphatic heterocycles. The highest BCUT2D eigenvalue weighted by molar-refractivity contribution is 7.90. The third-order valence-corrected chi connectivity index (χ3v) is 4.85. The molecule has 27 heavy (non-hydrogen) atoms. The van der Waals surface area contributed by atoms with Crippen LogP contribution in [0.2, 0.25) is 0 Å². The second-order valence-electron chi connectivity index (χ2n) is 5.80. The highest BCUT2D eigenvalue weighted by Crippen LogP contribution is 2.21. The van der Waals surface area contributed by atoms with Crippen LogP contribution >= 0.6 is 0 Å². The molecule has 0 aliphatic carbocycles. The van der Waals surface area contributed by atoms with Gasteiger partial charge in [0.05, 0.1) is 21.8 Å². The number of anilines is 1. The molecular formula is C20H17N3O3S. The Kier molecular flexibility index (Phi) is 5.42. The van der Waals surface area contributed by atoms with Crippen molar-refractivity contribution in [2.24, 2.45) is 10.2 Å². The van der Waals surface area contributed by atoms with Gasteiger partial charge < -0.3 is 5.32 Å². The van der Waals surface area contributed by atoms with Crippen molar-refractivity contribution in [3.63, 3.8) is 0 Å². The Morgan fingerprint density at radius 1 is 0.778 bits per heavy atom. The Hall–Kier alpha value is -3.32. The zero-order valence-corrected chi connectivity index (χ0v) is 15.3. The van der Waals surface area contributed by atoms with Gasteiger partial charge in [-0.3, -0.25) is 4.79 Å². The Morgan fingerprint density at radius 2 is 1.33 bits per heavy atom. The fourth-order valence-corrected chi connectivity index (χ4v) is 3.28. The number of carbonyl (C=O) groups excluding carboxylic acids is 1. The van der Waals surface area contributed by atoms with Crippen LogP contribution in [0, 0.1) is 0 Å². The summed E-state index contributed by atoms with van der Waals surface area (Å²) in [7, 11) is -3.50. The lowest BCUT2D eigenvalue weighted by molar-refractivity contribution is 0.102. The quantitative estimate of drug-likeness (QED) is 0.648. The van der Waals surface area contributed by atoms with Gasteiger partial charge in [-0.2, -0.15) is 10.2 Å². The molecule has 0 fully saturated rings. The minimum absolute atomic E-state index is 0.00391. The second-order valence-corrected chi connectivity index (χ2v) is 7.79. The fourth-order valence-electron chi connectivity index (χ4n) is 2.40. The number of carbonyl (C=O) groups is 1. The third-order valence-electron chi connectivity index (χ3n) is 3.69. The van der Waals surface area contributed by atoms with Gasteiger partial charge >= 0.3 is 0 Å². The Morgan fingerprint density at radius 3 is 1.96 bits per heavy atom. The highest BCUT2D eigenvalue weighted by Gasteiger charge is 2.18. The molecule has 0 atom stereocenters. The predicted octanol–water partition coefficient (Wildman–Crippen LogP) is 4.76. The van der Waals surface area contributed by atoms with E-state index < -0.39 is 15.7 Å². The van der Waals surface area contributed by atoms with E-state index in [4.69, 9.17) is 0 Å². The molecule has 1 N–H and O–H groups in total. The molecule has 0 unspecified atom stereocenters. The van der Waals surface area contributed by atoms with E-state index in [1.165, 1.54) is 12.1 Å². The molecule has 136 valence electrons. The van der Waals surface area contributed by atoms with Gasteiger partial charge in [0.2, 0.25) is 0 Å². The van der Waals surface area contributed by atoms with E-state index in [1.807, 2.05) is 30.3 Å². The Balaban J connectivity index is 1.74. The van der Waals surface area contributed by atoms with E-state index >= 15 is 0 Å². The molecule has 0 bridgehead atoms. The number of nitrogens with zero attached hydrogens (tertiary/aromatic N) is 2. The molecule has 7 heteroatoms. The fraction of sp³-hybridized carbons (Fsp3) is 0.0500. The lowest BCUT2D eigenvalue weighted by Gasteiger charge is -2.09. The van der Waals surface area contributed by atoms with E-state index in [1.54, 1.807) is 36.4 Å². The molecule has 0 spiro atoms. The molecule has 1 amide bonds. The van der Waals surface area contributed by atoms with Crippen LogP contribution in [-0.4, -0.2) is 20.6 Å². The predicted molar refractivity (Wildman–Crippen MR) is 105 cm³/mol. The van der Waals surface area contributed by atoms with Gasteiger partial charge in [0.1, 0.15) is 0 Å². The van der Waals surface area contributed by atoms with Crippen LogP contribution in [0.5, 0.6) is 0 Å². The number of sulfone groups is 1. The molecule has 3 aromatic carbocycles. The number of benzene rings is 3. The maximum Gasteiger partial charge on any atom is 0.256 e. The van der Waals surface area contributed by atoms with Crippen LogP contribution in [0.1, 0.15) is 10.4 Å². The number of hydrogen-bond acceptors (Lipinski definition) is 5. The number of hydrogen-bond donors (Lipinski definition) is 1. The van der Waals surface area contributed by atoms with Crippen molar-refractivity contribution < 1.29 is 13.2 Å². The highest BCUT2D eigenvalue weighted by atomic mass is 32.2. The van der Waals surface area contributed by atoms with E-state index in [0.29, 0.717) is 11.4 Å². The molecule has 0 aromatic heterocycles. The summed E-state index contributed by atoms with van der Waals surface area (Å²) in [5, 5.41) is 11.0. The van der Waals surface area contributed by atoms with Crippen LogP contribution in [0.15, 0.2) is 94.0 Å². The maximum absolute atomic E-state index is 12.5. The van der Waals surface area contributed by atoms with Crippen LogP contribution < -0.4 is 5.32 Å².